The average Bonchev–Trinajstić information content (AvgIpc) is 2.81. The maximum atomic E-state index is 11.1. The van der Waals surface area contributed by atoms with Crippen LogP contribution in [-0.2, 0) is 11.2 Å². The van der Waals surface area contributed by atoms with E-state index in [-0.39, 0.29) is 12.1 Å². The van der Waals surface area contributed by atoms with Crippen LogP contribution in [0.25, 0.3) is 10.9 Å². The molecule has 1 aromatic heterocycles. The van der Waals surface area contributed by atoms with E-state index in [9.17, 15) is 14.9 Å². The Morgan fingerprint density at radius 3 is 2.85 bits per heavy atom. The van der Waals surface area contributed by atoms with Gasteiger partial charge in [0.05, 0.1) is 15.8 Å². The standard InChI is InChI=1S/C13H11N3O4/c1-2-7-3-4-10(16(19)20)11-8(6-15-12(7)11)5-9(14)13(17)18/h1,3-4,6,9,15H,5,14H2,(H,17,18)/t9-/m0/s1. The molecule has 2 aromatic rings. The first-order valence-corrected chi connectivity index (χ1v) is 5.68. The quantitative estimate of drug-likeness (QED) is 0.436. The lowest BCUT2D eigenvalue weighted by molar-refractivity contribution is -0.383. The molecule has 7 nitrogen and oxygen atoms in total. The van der Waals surface area contributed by atoms with Gasteiger partial charge >= 0.3 is 5.97 Å². The minimum Gasteiger partial charge on any atom is -0.480 e. The number of carbonyl (C=O) groups is 1. The summed E-state index contributed by atoms with van der Waals surface area (Å²) in [6.07, 6.45) is 6.82. The third-order valence-corrected chi connectivity index (χ3v) is 3.00. The predicted molar refractivity (Wildman–Crippen MR) is 72.2 cm³/mol. The van der Waals surface area contributed by atoms with Gasteiger partial charge in [-0.1, -0.05) is 5.92 Å². The molecule has 4 N–H and O–H groups in total. The number of rotatable bonds is 4. The number of nitrogens with two attached hydrogens (primary N) is 1. The summed E-state index contributed by atoms with van der Waals surface area (Å²) < 4.78 is 0. The monoisotopic (exact) mass is 273 g/mol. The zero-order valence-electron chi connectivity index (χ0n) is 10.3. The molecule has 0 saturated carbocycles. The number of carboxylic acid groups (broad SMARTS) is 1. The molecule has 0 saturated heterocycles. The molecular formula is C13H11N3O4. The summed E-state index contributed by atoms with van der Waals surface area (Å²) in [5, 5.41) is 20.2. The fourth-order valence-electron chi connectivity index (χ4n) is 2.06. The Morgan fingerprint density at radius 1 is 1.60 bits per heavy atom. The molecule has 0 spiro atoms. The highest BCUT2D eigenvalue weighted by Crippen LogP contribution is 2.31. The van der Waals surface area contributed by atoms with E-state index in [1.165, 1.54) is 18.3 Å². The van der Waals surface area contributed by atoms with Crippen molar-refractivity contribution < 1.29 is 14.8 Å². The van der Waals surface area contributed by atoms with Crippen LogP contribution in [0.3, 0.4) is 0 Å². The second kappa shape index (κ2) is 5.03. The SMILES string of the molecule is C#Cc1ccc([N+](=O)[O-])c2c(C[C@H](N)C(=O)O)c[nH]c12. The van der Waals surface area contributed by atoms with E-state index in [0.717, 1.165) is 0 Å². The molecule has 102 valence electrons. The summed E-state index contributed by atoms with van der Waals surface area (Å²) in [4.78, 5) is 24.2. The molecule has 0 fully saturated rings. The van der Waals surface area contributed by atoms with Gasteiger partial charge in [0, 0.05) is 24.2 Å². The third kappa shape index (κ3) is 2.20. The molecule has 20 heavy (non-hydrogen) atoms. The van der Waals surface area contributed by atoms with Crippen molar-refractivity contribution in [3.63, 3.8) is 0 Å². The number of hydrogen-bond acceptors (Lipinski definition) is 4. The summed E-state index contributed by atoms with van der Waals surface area (Å²) in [6.45, 7) is 0. The minimum atomic E-state index is -1.17. The van der Waals surface area contributed by atoms with Crippen molar-refractivity contribution in [1.82, 2.24) is 4.98 Å². The Morgan fingerprint density at radius 2 is 2.30 bits per heavy atom. The van der Waals surface area contributed by atoms with Gasteiger partial charge in [0.15, 0.2) is 0 Å². The molecule has 0 unspecified atom stereocenters. The number of aromatic amines is 1. The second-order valence-electron chi connectivity index (χ2n) is 4.25. The molecule has 1 aromatic carbocycles. The van der Waals surface area contributed by atoms with Gasteiger partial charge in [-0.2, -0.15) is 0 Å². The van der Waals surface area contributed by atoms with E-state index >= 15 is 0 Å². The highest BCUT2D eigenvalue weighted by molar-refractivity contribution is 5.96. The van der Waals surface area contributed by atoms with E-state index in [4.69, 9.17) is 17.3 Å². The Labute approximate surface area is 113 Å². The van der Waals surface area contributed by atoms with Gasteiger partial charge in [-0.05, 0) is 11.6 Å². The summed E-state index contributed by atoms with van der Waals surface area (Å²) in [6, 6.07) is 1.64. The summed E-state index contributed by atoms with van der Waals surface area (Å²) in [7, 11) is 0. The molecule has 0 aliphatic carbocycles. The van der Waals surface area contributed by atoms with Crippen LogP contribution in [0.2, 0.25) is 0 Å². The lowest BCUT2D eigenvalue weighted by Gasteiger charge is -2.05. The van der Waals surface area contributed by atoms with Crippen LogP contribution in [0.15, 0.2) is 18.3 Å². The minimum absolute atomic E-state index is 0.0236. The number of hydrogen-bond donors (Lipinski definition) is 3. The van der Waals surface area contributed by atoms with Crippen molar-refractivity contribution in [2.45, 2.75) is 12.5 Å². The van der Waals surface area contributed by atoms with Crippen LogP contribution in [0, 0.1) is 22.5 Å². The number of nitro benzene ring substituents is 1. The van der Waals surface area contributed by atoms with Gasteiger partial charge in [-0.15, -0.1) is 6.42 Å². The molecule has 1 atom stereocenters. The van der Waals surface area contributed by atoms with Crippen LogP contribution >= 0.6 is 0 Å². The first-order valence-electron chi connectivity index (χ1n) is 5.68. The van der Waals surface area contributed by atoms with E-state index in [1.807, 2.05) is 0 Å². The molecule has 2 rings (SSSR count). The van der Waals surface area contributed by atoms with Gasteiger partial charge in [0.25, 0.3) is 5.69 Å². The van der Waals surface area contributed by atoms with Crippen molar-refractivity contribution in [3.8, 4) is 12.3 Å². The average molecular weight is 273 g/mol. The second-order valence-corrected chi connectivity index (χ2v) is 4.25. The Kier molecular flexibility index (Phi) is 3.41. The number of aromatic nitrogens is 1. The smallest absolute Gasteiger partial charge is 0.320 e. The lowest BCUT2D eigenvalue weighted by atomic mass is 10.0. The number of non-ortho nitro benzene ring substituents is 1. The number of terminal acetylenes is 1. The van der Waals surface area contributed by atoms with Crippen molar-refractivity contribution in [1.29, 1.82) is 0 Å². The molecule has 0 aliphatic heterocycles. The number of nitrogens with one attached hydrogen (secondary N) is 1. The summed E-state index contributed by atoms with van der Waals surface area (Å²) >= 11 is 0. The van der Waals surface area contributed by atoms with E-state index in [2.05, 4.69) is 10.9 Å². The fourth-order valence-corrected chi connectivity index (χ4v) is 2.06. The van der Waals surface area contributed by atoms with Crippen LogP contribution in [0.4, 0.5) is 5.69 Å². The van der Waals surface area contributed by atoms with E-state index in [0.29, 0.717) is 22.0 Å². The Balaban J connectivity index is 2.65. The number of aliphatic carboxylic acids is 1. The Bertz CT molecular complexity index is 742. The molecule has 0 radical (unpaired) electrons. The van der Waals surface area contributed by atoms with Crippen LogP contribution in [0.1, 0.15) is 11.1 Å². The van der Waals surface area contributed by atoms with Crippen LogP contribution in [-0.4, -0.2) is 27.0 Å². The molecule has 0 bridgehead atoms. The Hall–Kier alpha value is -2.85. The van der Waals surface area contributed by atoms with Crippen LogP contribution in [0.5, 0.6) is 0 Å². The number of carboxylic acids is 1. The number of nitrogens with zero attached hydrogens (tertiary/aromatic N) is 1. The van der Waals surface area contributed by atoms with Crippen molar-refractivity contribution in [2.24, 2.45) is 5.73 Å². The fraction of sp³-hybridized carbons (Fsp3) is 0.154. The van der Waals surface area contributed by atoms with Gasteiger partial charge in [-0.25, -0.2) is 0 Å². The van der Waals surface area contributed by atoms with Crippen LogP contribution < -0.4 is 5.73 Å². The highest BCUT2D eigenvalue weighted by atomic mass is 16.6. The van der Waals surface area contributed by atoms with Crippen molar-refractivity contribution in [3.05, 3.63) is 39.6 Å². The van der Waals surface area contributed by atoms with E-state index in [1.54, 1.807) is 0 Å². The van der Waals surface area contributed by atoms with Gasteiger partial charge in [0.1, 0.15) is 6.04 Å². The largest absolute Gasteiger partial charge is 0.480 e. The maximum Gasteiger partial charge on any atom is 0.320 e. The summed E-state index contributed by atoms with van der Waals surface area (Å²) in [5.41, 5.74) is 6.71. The van der Waals surface area contributed by atoms with Crippen molar-refractivity contribution >= 4 is 22.6 Å². The normalized spacial score (nSPS) is 12.0. The highest BCUT2D eigenvalue weighted by Gasteiger charge is 2.22. The molecule has 1 heterocycles. The maximum absolute atomic E-state index is 11.1. The number of H-pyrrole nitrogens is 1. The molecule has 7 heteroatoms. The van der Waals surface area contributed by atoms with Gasteiger partial charge < -0.3 is 15.8 Å². The lowest BCUT2D eigenvalue weighted by Crippen LogP contribution is -2.32. The summed E-state index contributed by atoms with van der Waals surface area (Å²) in [5.74, 6) is 1.25. The third-order valence-electron chi connectivity index (χ3n) is 3.00. The molecular weight excluding hydrogens is 262 g/mol. The first kappa shape index (κ1) is 13.6. The van der Waals surface area contributed by atoms with Gasteiger partial charge in [0.2, 0.25) is 0 Å². The zero-order chi connectivity index (χ0) is 14.9. The van der Waals surface area contributed by atoms with Crippen molar-refractivity contribution in [2.75, 3.05) is 0 Å². The molecule has 0 amide bonds. The first-order chi connectivity index (χ1) is 9.45. The number of nitro groups is 1. The van der Waals surface area contributed by atoms with Gasteiger partial charge in [-0.3, -0.25) is 14.9 Å². The van der Waals surface area contributed by atoms with E-state index < -0.39 is 16.9 Å². The number of fused-ring (bicyclic) bond motifs is 1. The molecule has 0 aliphatic rings. The topological polar surface area (TPSA) is 122 Å². The number of benzene rings is 1. The zero-order valence-corrected chi connectivity index (χ0v) is 10.3. The predicted octanol–water partition coefficient (Wildman–Crippen LogP) is 1.01.